The predicted molar refractivity (Wildman–Crippen MR) is 126 cm³/mol. The Morgan fingerprint density at radius 1 is 1.12 bits per heavy atom. The van der Waals surface area contributed by atoms with Crippen molar-refractivity contribution in [2.45, 2.75) is 42.5 Å². The second-order valence-corrected chi connectivity index (χ2v) is 12.4. The number of benzene rings is 2. The third-order valence-electron chi connectivity index (χ3n) is 7.65. The molecule has 2 aromatic rings. The van der Waals surface area contributed by atoms with E-state index >= 15 is 4.39 Å². The summed E-state index contributed by atoms with van der Waals surface area (Å²) in [4.78, 5) is 0. The predicted octanol–water partition coefficient (Wildman–Crippen LogP) is 4.06. The van der Waals surface area contributed by atoms with E-state index in [4.69, 9.17) is 21.1 Å². The smallest absolute Gasteiger partial charge is 0.165 e. The Balaban J connectivity index is 1.50. The molecule has 2 fully saturated rings. The van der Waals surface area contributed by atoms with Crippen molar-refractivity contribution >= 4 is 21.4 Å². The molecular weight excluding hydrogens is 484 g/mol. The van der Waals surface area contributed by atoms with Gasteiger partial charge >= 0.3 is 0 Å². The van der Waals surface area contributed by atoms with Crippen LogP contribution in [0.5, 0.6) is 5.75 Å². The first-order valence-electron chi connectivity index (χ1n) is 11.7. The maximum atomic E-state index is 15.3. The van der Waals surface area contributed by atoms with Gasteiger partial charge in [0.05, 0.1) is 23.7 Å². The molecule has 0 saturated carbocycles. The first-order chi connectivity index (χ1) is 16.3. The van der Waals surface area contributed by atoms with Crippen LogP contribution >= 0.6 is 11.6 Å². The zero-order valence-electron chi connectivity index (χ0n) is 18.7. The van der Waals surface area contributed by atoms with E-state index in [2.05, 4.69) is 5.32 Å². The van der Waals surface area contributed by atoms with Crippen molar-refractivity contribution in [1.82, 2.24) is 5.32 Å². The van der Waals surface area contributed by atoms with Crippen LogP contribution in [0.1, 0.15) is 30.4 Å². The molecule has 2 aromatic carbocycles. The maximum absolute atomic E-state index is 15.3. The Labute approximate surface area is 203 Å². The lowest BCUT2D eigenvalue weighted by Gasteiger charge is -2.51. The summed E-state index contributed by atoms with van der Waals surface area (Å²) in [6, 6.07) is 9.58. The van der Waals surface area contributed by atoms with E-state index in [1.165, 1.54) is 0 Å². The van der Waals surface area contributed by atoms with Crippen molar-refractivity contribution < 1.29 is 26.7 Å². The molecule has 0 bridgehead atoms. The molecule has 4 atom stereocenters. The van der Waals surface area contributed by atoms with Crippen LogP contribution in [0.2, 0.25) is 5.02 Å². The van der Waals surface area contributed by atoms with Gasteiger partial charge in [0.25, 0.3) is 0 Å². The van der Waals surface area contributed by atoms with Crippen molar-refractivity contribution in [3.8, 4) is 5.75 Å². The molecular formula is C25H28ClF2NO4S. The quantitative estimate of drug-likeness (QED) is 0.633. The molecule has 9 heteroatoms. The summed E-state index contributed by atoms with van der Waals surface area (Å²) in [7, 11) is -3.29. The van der Waals surface area contributed by atoms with Gasteiger partial charge in [-0.05, 0) is 62.1 Å². The van der Waals surface area contributed by atoms with Crippen LogP contribution in [0.15, 0.2) is 36.4 Å². The van der Waals surface area contributed by atoms with Gasteiger partial charge in [-0.15, -0.1) is 0 Å². The van der Waals surface area contributed by atoms with Gasteiger partial charge in [-0.2, -0.15) is 0 Å². The van der Waals surface area contributed by atoms with Gasteiger partial charge in [-0.3, -0.25) is 0 Å². The average Bonchev–Trinajstić information content (AvgIpc) is 3.37. The average molecular weight is 512 g/mol. The Bertz CT molecular complexity index is 1150. The number of sulfone groups is 1. The summed E-state index contributed by atoms with van der Waals surface area (Å²) in [5.74, 6) is -1.48. The van der Waals surface area contributed by atoms with E-state index in [1.54, 1.807) is 12.1 Å². The molecule has 0 aliphatic carbocycles. The highest BCUT2D eigenvalue weighted by Crippen LogP contribution is 2.52. The third kappa shape index (κ3) is 4.34. The van der Waals surface area contributed by atoms with Gasteiger partial charge in [0, 0.05) is 35.1 Å². The fourth-order valence-corrected chi connectivity index (χ4v) is 7.75. The maximum Gasteiger partial charge on any atom is 0.165 e. The van der Waals surface area contributed by atoms with Crippen LogP contribution in [0, 0.1) is 17.6 Å². The molecule has 5 nitrogen and oxygen atoms in total. The van der Waals surface area contributed by atoms with Crippen LogP contribution in [0.3, 0.4) is 0 Å². The summed E-state index contributed by atoms with van der Waals surface area (Å²) < 4.78 is 67.7. The minimum Gasteiger partial charge on any atom is -0.490 e. The Morgan fingerprint density at radius 2 is 1.88 bits per heavy atom. The van der Waals surface area contributed by atoms with Crippen LogP contribution in [0.4, 0.5) is 8.78 Å². The van der Waals surface area contributed by atoms with E-state index in [-0.39, 0.29) is 34.8 Å². The second-order valence-electron chi connectivity index (χ2n) is 9.54. The highest BCUT2D eigenvalue weighted by Gasteiger charge is 2.53. The SMILES string of the molecule is O=S(=O)(CC[C@@H]1OCC[C@@]2(Cc3ccc(Cl)cc3)c3c(F)ccc(F)c3OC[C@@H]12)[C@H]1CCNC1. The van der Waals surface area contributed by atoms with Crippen molar-refractivity contribution in [1.29, 1.82) is 0 Å². The van der Waals surface area contributed by atoms with Crippen molar-refractivity contribution in [2.75, 3.05) is 32.1 Å². The molecule has 0 amide bonds. The molecule has 2 saturated heterocycles. The second kappa shape index (κ2) is 9.37. The van der Waals surface area contributed by atoms with E-state index in [9.17, 15) is 12.8 Å². The lowest BCUT2D eigenvalue weighted by Crippen LogP contribution is -2.55. The number of fused-ring (bicyclic) bond motifs is 3. The van der Waals surface area contributed by atoms with Crippen LogP contribution in [-0.2, 0) is 26.4 Å². The highest BCUT2D eigenvalue weighted by molar-refractivity contribution is 7.92. The third-order valence-corrected chi connectivity index (χ3v) is 10.1. The number of nitrogens with one attached hydrogen (secondary N) is 1. The molecule has 0 unspecified atom stereocenters. The Hall–Kier alpha value is -1.74. The molecule has 0 radical (unpaired) electrons. The Morgan fingerprint density at radius 3 is 2.62 bits per heavy atom. The summed E-state index contributed by atoms with van der Waals surface area (Å²) in [5, 5.41) is 3.32. The molecule has 3 heterocycles. The fraction of sp³-hybridized carbons (Fsp3) is 0.520. The largest absolute Gasteiger partial charge is 0.490 e. The van der Waals surface area contributed by atoms with Crippen LogP contribution in [-0.4, -0.2) is 51.8 Å². The van der Waals surface area contributed by atoms with Crippen molar-refractivity contribution in [2.24, 2.45) is 5.92 Å². The molecule has 5 rings (SSSR count). The van der Waals surface area contributed by atoms with Gasteiger partial charge in [-0.1, -0.05) is 23.7 Å². The van der Waals surface area contributed by atoms with Gasteiger partial charge in [0.1, 0.15) is 5.82 Å². The van der Waals surface area contributed by atoms with Gasteiger partial charge in [0.2, 0.25) is 0 Å². The number of halogens is 3. The molecule has 0 aromatic heterocycles. The minimum absolute atomic E-state index is 0.00394. The fourth-order valence-electron chi connectivity index (χ4n) is 5.88. The van der Waals surface area contributed by atoms with E-state index < -0.39 is 33.0 Å². The van der Waals surface area contributed by atoms with Crippen LogP contribution < -0.4 is 10.1 Å². The lowest BCUT2D eigenvalue weighted by atomic mass is 9.60. The zero-order valence-corrected chi connectivity index (χ0v) is 20.3. The topological polar surface area (TPSA) is 64.6 Å². The molecule has 3 aliphatic rings. The van der Waals surface area contributed by atoms with Gasteiger partial charge in [0.15, 0.2) is 21.4 Å². The number of ether oxygens (including phenoxy) is 2. The van der Waals surface area contributed by atoms with Crippen molar-refractivity contribution in [3.63, 3.8) is 0 Å². The first kappa shape index (κ1) is 24.0. The number of hydrogen-bond acceptors (Lipinski definition) is 5. The zero-order chi connectivity index (χ0) is 23.9. The normalized spacial score (nSPS) is 28.7. The number of hydrogen-bond donors (Lipinski definition) is 1. The van der Waals surface area contributed by atoms with E-state index in [0.717, 1.165) is 17.7 Å². The molecule has 0 spiro atoms. The van der Waals surface area contributed by atoms with Crippen molar-refractivity contribution in [3.05, 3.63) is 64.2 Å². The molecule has 3 aliphatic heterocycles. The highest BCUT2D eigenvalue weighted by atomic mass is 35.5. The Kier molecular flexibility index (Phi) is 6.61. The number of rotatable bonds is 6. The van der Waals surface area contributed by atoms with Crippen LogP contribution in [0.25, 0.3) is 0 Å². The summed E-state index contributed by atoms with van der Waals surface area (Å²) in [5.41, 5.74) is 0.390. The standard InChI is InChI=1S/C25H28ClF2NO4S/c26-17-3-1-16(2-4-17)13-25-9-11-32-22(8-12-34(30,31)18-7-10-29-14-18)19(25)15-33-24-21(28)6-5-20(27)23(24)25/h1-6,18-19,22,29H,7-15H2/t18-,19-,22-,25-/m0/s1. The molecule has 1 N–H and O–H groups in total. The molecule has 34 heavy (non-hydrogen) atoms. The van der Waals surface area contributed by atoms with E-state index in [1.807, 2.05) is 12.1 Å². The summed E-state index contributed by atoms with van der Waals surface area (Å²) in [6.07, 6.45) is 1.39. The minimum atomic E-state index is -3.29. The first-order valence-corrected chi connectivity index (χ1v) is 13.8. The summed E-state index contributed by atoms with van der Waals surface area (Å²) >= 11 is 6.07. The monoisotopic (exact) mass is 511 g/mol. The summed E-state index contributed by atoms with van der Waals surface area (Å²) in [6.45, 7) is 1.64. The van der Waals surface area contributed by atoms with Gasteiger partial charge in [-0.25, -0.2) is 17.2 Å². The lowest BCUT2D eigenvalue weighted by molar-refractivity contribution is -0.0963. The van der Waals surface area contributed by atoms with Gasteiger partial charge < -0.3 is 14.8 Å². The molecule has 184 valence electrons. The van der Waals surface area contributed by atoms with E-state index in [0.29, 0.717) is 50.4 Å².